The average Bonchev–Trinajstić information content (AvgIpc) is 2.94. The molecule has 0 aliphatic heterocycles. The third-order valence-corrected chi connectivity index (χ3v) is 2.75. The van der Waals surface area contributed by atoms with Crippen molar-refractivity contribution < 1.29 is 4.39 Å². The van der Waals surface area contributed by atoms with Gasteiger partial charge in [-0.15, -0.1) is 12.4 Å². The summed E-state index contributed by atoms with van der Waals surface area (Å²) >= 11 is 0. The minimum absolute atomic E-state index is 0. The second-order valence-corrected chi connectivity index (χ2v) is 4.14. The van der Waals surface area contributed by atoms with Crippen molar-refractivity contribution in [3.63, 3.8) is 0 Å². The van der Waals surface area contributed by atoms with Crippen molar-refractivity contribution >= 4 is 18.1 Å². The third-order valence-electron chi connectivity index (χ3n) is 2.75. The molecule has 7 heteroatoms. The lowest BCUT2D eigenvalue weighted by atomic mass is 10.3. The van der Waals surface area contributed by atoms with Crippen LogP contribution in [0.3, 0.4) is 0 Å². The van der Waals surface area contributed by atoms with Crippen molar-refractivity contribution in [2.24, 2.45) is 0 Å². The molecule has 0 spiro atoms. The number of alkyl halides is 1. The van der Waals surface area contributed by atoms with Crippen LogP contribution in [0.2, 0.25) is 0 Å². The van der Waals surface area contributed by atoms with E-state index in [4.69, 9.17) is 0 Å². The van der Waals surface area contributed by atoms with Gasteiger partial charge in [-0.25, -0.2) is 4.39 Å². The molecule has 106 valence electrons. The zero-order valence-corrected chi connectivity index (χ0v) is 12.0. The zero-order valence-electron chi connectivity index (χ0n) is 11.1. The first-order valence-electron chi connectivity index (χ1n) is 6.08. The van der Waals surface area contributed by atoms with Gasteiger partial charge >= 0.3 is 0 Å². The molecular formula is C12H19ClFN5. The van der Waals surface area contributed by atoms with Crippen molar-refractivity contribution in [3.8, 4) is 0 Å². The van der Waals surface area contributed by atoms with Gasteiger partial charge in [0.15, 0.2) is 0 Å². The van der Waals surface area contributed by atoms with Gasteiger partial charge in [-0.05, 0) is 13.8 Å². The molecule has 0 aliphatic carbocycles. The van der Waals surface area contributed by atoms with Crippen LogP contribution in [0.25, 0.3) is 0 Å². The molecule has 2 heterocycles. The molecule has 0 bridgehead atoms. The maximum Gasteiger partial charge on any atom is 0.109 e. The van der Waals surface area contributed by atoms with Crippen molar-refractivity contribution in [3.05, 3.63) is 29.8 Å². The Morgan fingerprint density at radius 2 is 2.11 bits per heavy atom. The fourth-order valence-corrected chi connectivity index (χ4v) is 1.76. The molecule has 5 nitrogen and oxygen atoms in total. The third kappa shape index (κ3) is 3.96. The highest BCUT2D eigenvalue weighted by atomic mass is 35.5. The van der Waals surface area contributed by atoms with E-state index in [2.05, 4.69) is 22.4 Å². The summed E-state index contributed by atoms with van der Waals surface area (Å²) in [4.78, 5) is 0. The van der Waals surface area contributed by atoms with E-state index >= 15 is 0 Å². The number of rotatable bonds is 6. The van der Waals surface area contributed by atoms with E-state index in [-0.39, 0.29) is 12.4 Å². The summed E-state index contributed by atoms with van der Waals surface area (Å²) < 4.78 is 15.7. The van der Waals surface area contributed by atoms with Crippen LogP contribution in [0.5, 0.6) is 0 Å². The van der Waals surface area contributed by atoms with E-state index in [1.807, 2.05) is 30.2 Å². The predicted molar refractivity (Wildman–Crippen MR) is 75.4 cm³/mol. The lowest BCUT2D eigenvalue weighted by molar-refractivity contribution is 0.426. The molecule has 0 atom stereocenters. The monoisotopic (exact) mass is 287 g/mol. The largest absolute Gasteiger partial charge is 0.378 e. The Kier molecular flexibility index (Phi) is 5.82. The summed E-state index contributed by atoms with van der Waals surface area (Å²) in [5.74, 6) is 0. The number of nitrogens with zero attached hydrogens (tertiary/aromatic N) is 4. The summed E-state index contributed by atoms with van der Waals surface area (Å²) in [5.41, 5.74) is 2.94. The van der Waals surface area contributed by atoms with Crippen LogP contribution in [-0.2, 0) is 19.6 Å². The molecular weight excluding hydrogens is 269 g/mol. The highest BCUT2D eigenvalue weighted by molar-refractivity contribution is 5.85. The molecule has 0 amide bonds. The van der Waals surface area contributed by atoms with E-state index in [9.17, 15) is 4.39 Å². The maximum atomic E-state index is 12.2. The quantitative estimate of drug-likeness (QED) is 0.887. The number of hydrogen-bond donors (Lipinski definition) is 1. The second-order valence-electron chi connectivity index (χ2n) is 4.14. The molecule has 19 heavy (non-hydrogen) atoms. The highest BCUT2D eigenvalue weighted by Crippen LogP contribution is 2.13. The Bertz CT molecular complexity index is 508. The van der Waals surface area contributed by atoms with Crippen LogP contribution in [-0.4, -0.2) is 26.2 Å². The van der Waals surface area contributed by atoms with Gasteiger partial charge in [0.25, 0.3) is 0 Å². The Balaban J connectivity index is 0.00000180. The number of hydrogen-bond acceptors (Lipinski definition) is 3. The van der Waals surface area contributed by atoms with Gasteiger partial charge in [0.1, 0.15) is 6.67 Å². The van der Waals surface area contributed by atoms with Gasteiger partial charge in [0, 0.05) is 31.0 Å². The van der Waals surface area contributed by atoms with Crippen LogP contribution in [0, 0.1) is 6.92 Å². The Morgan fingerprint density at radius 3 is 2.74 bits per heavy atom. The van der Waals surface area contributed by atoms with Crippen molar-refractivity contribution in [1.29, 1.82) is 0 Å². The molecule has 1 N–H and O–H groups in total. The molecule has 0 saturated heterocycles. The van der Waals surface area contributed by atoms with Gasteiger partial charge < -0.3 is 5.32 Å². The topological polar surface area (TPSA) is 47.7 Å². The molecule has 0 unspecified atom stereocenters. The summed E-state index contributed by atoms with van der Waals surface area (Å²) in [6.07, 6.45) is 5.69. The first-order chi connectivity index (χ1) is 8.72. The van der Waals surface area contributed by atoms with Crippen LogP contribution in [0.15, 0.2) is 18.6 Å². The smallest absolute Gasteiger partial charge is 0.109 e. The predicted octanol–water partition coefficient (Wildman–Crippen LogP) is 2.41. The van der Waals surface area contributed by atoms with Crippen LogP contribution >= 0.6 is 12.4 Å². The van der Waals surface area contributed by atoms with E-state index in [0.717, 1.165) is 23.5 Å². The van der Waals surface area contributed by atoms with Gasteiger partial charge in [0.05, 0.1) is 24.1 Å². The number of anilines is 1. The molecule has 0 aromatic carbocycles. The first kappa shape index (κ1) is 15.5. The molecule has 2 aromatic rings. The molecule has 2 aromatic heterocycles. The van der Waals surface area contributed by atoms with Crippen molar-refractivity contribution in [2.75, 3.05) is 12.0 Å². The Hall–Kier alpha value is -1.56. The van der Waals surface area contributed by atoms with E-state index in [0.29, 0.717) is 13.1 Å². The molecule has 0 fully saturated rings. The number of aromatic nitrogens is 4. The first-order valence-corrected chi connectivity index (χ1v) is 6.08. The van der Waals surface area contributed by atoms with E-state index in [1.54, 1.807) is 4.68 Å². The standard InChI is InChI=1S/C12H18FN5.ClH/c1-3-17-8-11(7-15-17)6-14-12-9-18(5-4-13)16-10(12)2;/h7-9,14H,3-6H2,1-2H3;1H. The average molecular weight is 288 g/mol. The van der Waals surface area contributed by atoms with Crippen molar-refractivity contribution in [1.82, 2.24) is 19.6 Å². The molecule has 0 radical (unpaired) electrons. The minimum Gasteiger partial charge on any atom is -0.378 e. The van der Waals surface area contributed by atoms with Gasteiger partial charge in [-0.2, -0.15) is 10.2 Å². The SMILES string of the molecule is CCn1cc(CNc2cn(CCF)nc2C)cn1.Cl. The lowest BCUT2D eigenvalue weighted by Crippen LogP contribution is -2.00. The molecule has 0 aliphatic rings. The summed E-state index contributed by atoms with van der Waals surface area (Å²) in [6, 6.07) is 0. The second kappa shape index (κ2) is 7.13. The number of aryl methyl sites for hydroxylation is 3. The number of halogens is 2. The summed E-state index contributed by atoms with van der Waals surface area (Å²) in [6.45, 7) is 5.43. The molecule has 0 saturated carbocycles. The van der Waals surface area contributed by atoms with Gasteiger partial charge in [-0.3, -0.25) is 9.36 Å². The zero-order chi connectivity index (χ0) is 13.0. The maximum absolute atomic E-state index is 12.2. The van der Waals surface area contributed by atoms with E-state index in [1.165, 1.54) is 0 Å². The van der Waals surface area contributed by atoms with Gasteiger partial charge in [0.2, 0.25) is 0 Å². The van der Waals surface area contributed by atoms with Crippen LogP contribution < -0.4 is 5.32 Å². The fraction of sp³-hybridized carbons (Fsp3) is 0.500. The highest BCUT2D eigenvalue weighted by Gasteiger charge is 2.05. The fourth-order valence-electron chi connectivity index (χ4n) is 1.76. The van der Waals surface area contributed by atoms with Gasteiger partial charge in [-0.1, -0.05) is 0 Å². The lowest BCUT2D eigenvalue weighted by Gasteiger charge is -2.01. The normalized spacial score (nSPS) is 10.3. The summed E-state index contributed by atoms with van der Waals surface area (Å²) in [7, 11) is 0. The Labute approximate surface area is 118 Å². The number of nitrogens with one attached hydrogen (secondary N) is 1. The van der Waals surface area contributed by atoms with Crippen molar-refractivity contribution in [2.45, 2.75) is 33.5 Å². The minimum atomic E-state index is -0.399. The van der Waals surface area contributed by atoms with Crippen LogP contribution in [0.4, 0.5) is 10.1 Å². The van der Waals surface area contributed by atoms with E-state index < -0.39 is 6.67 Å². The Morgan fingerprint density at radius 1 is 1.32 bits per heavy atom. The summed E-state index contributed by atoms with van der Waals surface area (Å²) in [5, 5.41) is 11.7. The molecule has 2 rings (SSSR count). The van der Waals surface area contributed by atoms with Crippen LogP contribution in [0.1, 0.15) is 18.2 Å².